The lowest BCUT2D eigenvalue weighted by Crippen LogP contribution is -1.98. The summed E-state index contributed by atoms with van der Waals surface area (Å²) in [5.41, 5.74) is 5.29. The summed E-state index contributed by atoms with van der Waals surface area (Å²) in [6.07, 6.45) is 0. The van der Waals surface area contributed by atoms with Gasteiger partial charge < -0.3 is 5.73 Å². The second kappa shape index (κ2) is 2.23. The first kappa shape index (κ1) is 6.35. The molecule has 0 aliphatic rings. The predicted molar refractivity (Wildman–Crippen MR) is 35.1 cm³/mol. The van der Waals surface area contributed by atoms with Crippen LogP contribution < -0.4 is 5.73 Å². The summed E-state index contributed by atoms with van der Waals surface area (Å²) in [5.74, 6) is 0.290. The van der Waals surface area contributed by atoms with Gasteiger partial charge in [-0.15, -0.1) is 10.2 Å². The second-order valence-electron chi connectivity index (χ2n) is 1.56. The average Bonchev–Trinajstić information content (AvgIpc) is 2.13. The van der Waals surface area contributed by atoms with Crippen LogP contribution in [-0.2, 0) is 6.54 Å². The Morgan fingerprint density at radius 1 is 1.67 bits per heavy atom. The number of nitrogens with two attached hydrogens (primary N) is 1. The van der Waals surface area contributed by atoms with Crippen LogP contribution in [0.4, 0.5) is 5.82 Å². The highest BCUT2D eigenvalue weighted by Crippen LogP contribution is 2.09. The fourth-order valence-electron chi connectivity index (χ4n) is 0.482. The van der Waals surface area contributed by atoms with Gasteiger partial charge >= 0.3 is 0 Å². The lowest BCUT2D eigenvalue weighted by atomic mass is 10.8. The quantitative estimate of drug-likeness (QED) is 0.629. The minimum Gasteiger partial charge on any atom is -0.380 e. The van der Waals surface area contributed by atoms with E-state index in [2.05, 4.69) is 10.2 Å². The van der Waals surface area contributed by atoms with Crippen LogP contribution in [0.2, 0.25) is 5.15 Å². The minimum absolute atomic E-state index is 0.275. The van der Waals surface area contributed by atoms with Crippen molar-refractivity contribution in [3.63, 3.8) is 0 Å². The Morgan fingerprint density at radius 2 is 2.33 bits per heavy atom. The number of aryl methyl sites for hydroxylation is 1. The lowest BCUT2D eigenvalue weighted by molar-refractivity contribution is 0.571. The molecule has 0 unspecified atom stereocenters. The number of hydrogen-bond acceptors (Lipinski definition) is 3. The van der Waals surface area contributed by atoms with Crippen LogP contribution in [0.25, 0.3) is 0 Å². The van der Waals surface area contributed by atoms with E-state index < -0.39 is 0 Å². The molecule has 0 aromatic carbocycles. The van der Waals surface area contributed by atoms with Gasteiger partial charge in [0.1, 0.15) is 0 Å². The molecule has 2 N–H and O–H groups in total. The maximum absolute atomic E-state index is 5.49. The summed E-state index contributed by atoms with van der Waals surface area (Å²) >= 11 is 5.49. The summed E-state index contributed by atoms with van der Waals surface area (Å²) < 4.78 is 0. The Balaban J connectivity index is 2.98. The van der Waals surface area contributed by atoms with Crippen LogP contribution in [0.3, 0.4) is 0 Å². The van der Waals surface area contributed by atoms with E-state index in [1.165, 1.54) is 4.80 Å². The van der Waals surface area contributed by atoms with Crippen molar-refractivity contribution in [3.8, 4) is 0 Å². The molecule has 0 amide bonds. The largest absolute Gasteiger partial charge is 0.380 e. The molecule has 1 aromatic rings. The average molecular weight is 147 g/mol. The fraction of sp³-hybridized carbons (Fsp3) is 0.500. The van der Waals surface area contributed by atoms with Crippen molar-refractivity contribution < 1.29 is 0 Å². The van der Waals surface area contributed by atoms with Gasteiger partial charge in [0.2, 0.25) is 0 Å². The predicted octanol–water partition coefficient (Wildman–Crippen LogP) is 0.534. The topological polar surface area (TPSA) is 56.7 Å². The zero-order chi connectivity index (χ0) is 6.85. The summed E-state index contributed by atoms with van der Waals surface area (Å²) in [6.45, 7) is 2.60. The fourth-order valence-corrected chi connectivity index (χ4v) is 0.607. The Bertz CT molecular complexity index is 187. The molecule has 0 aliphatic carbocycles. The van der Waals surface area contributed by atoms with E-state index in [0.717, 1.165) is 0 Å². The molecule has 0 spiro atoms. The van der Waals surface area contributed by atoms with Gasteiger partial charge in [0.25, 0.3) is 0 Å². The van der Waals surface area contributed by atoms with Crippen molar-refractivity contribution in [1.82, 2.24) is 15.0 Å². The number of rotatable bonds is 1. The lowest BCUT2D eigenvalue weighted by Gasteiger charge is -1.85. The van der Waals surface area contributed by atoms with E-state index in [9.17, 15) is 0 Å². The first-order valence-electron chi connectivity index (χ1n) is 2.60. The Morgan fingerprint density at radius 3 is 2.56 bits per heavy atom. The summed E-state index contributed by atoms with van der Waals surface area (Å²) in [5, 5.41) is 7.83. The third-order valence-electron chi connectivity index (χ3n) is 0.921. The zero-order valence-corrected chi connectivity index (χ0v) is 5.76. The van der Waals surface area contributed by atoms with Gasteiger partial charge in [-0.3, -0.25) is 0 Å². The molecule has 0 atom stereocenters. The van der Waals surface area contributed by atoms with Gasteiger partial charge in [0, 0.05) is 0 Å². The van der Waals surface area contributed by atoms with E-state index >= 15 is 0 Å². The smallest absolute Gasteiger partial charge is 0.195 e. The molecule has 4 nitrogen and oxygen atoms in total. The molecule has 1 rings (SSSR count). The van der Waals surface area contributed by atoms with Gasteiger partial charge in [-0.25, -0.2) is 0 Å². The van der Waals surface area contributed by atoms with E-state index in [0.29, 0.717) is 12.4 Å². The van der Waals surface area contributed by atoms with Crippen LogP contribution in [0, 0.1) is 0 Å². The highest BCUT2D eigenvalue weighted by atomic mass is 35.5. The normalized spacial score (nSPS) is 10.0. The van der Waals surface area contributed by atoms with Gasteiger partial charge in [0.05, 0.1) is 6.54 Å². The molecule has 0 aliphatic heterocycles. The number of halogens is 1. The molecule has 5 heteroatoms. The van der Waals surface area contributed by atoms with Crippen molar-refractivity contribution in [2.45, 2.75) is 13.5 Å². The van der Waals surface area contributed by atoms with Crippen molar-refractivity contribution in [2.75, 3.05) is 5.73 Å². The first-order chi connectivity index (χ1) is 4.24. The SMILES string of the molecule is CCn1nc(N)c(Cl)n1. The Labute approximate surface area is 57.6 Å². The molecule has 50 valence electrons. The second-order valence-corrected chi connectivity index (χ2v) is 1.92. The molecule has 1 aromatic heterocycles. The van der Waals surface area contributed by atoms with Crippen molar-refractivity contribution in [2.24, 2.45) is 0 Å². The highest BCUT2D eigenvalue weighted by molar-refractivity contribution is 6.31. The number of nitrogen functional groups attached to an aromatic ring is 1. The molecule has 0 saturated heterocycles. The van der Waals surface area contributed by atoms with Crippen LogP contribution in [0.1, 0.15) is 6.92 Å². The summed E-state index contributed by atoms with van der Waals surface area (Å²) in [4.78, 5) is 1.44. The Kier molecular flexibility index (Phi) is 1.57. The van der Waals surface area contributed by atoms with Gasteiger partial charge in [-0.2, -0.15) is 4.80 Å². The highest BCUT2D eigenvalue weighted by Gasteiger charge is 2.00. The Hall–Kier alpha value is -0.770. The number of aromatic nitrogens is 3. The maximum atomic E-state index is 5.49. The number of hydrogen-bond donors (Lipinski definition) is 1. The van der Waals surface area contributed by atoms with Gasteiger partial charge in [-0.1, -0.05) is 11.6 Å². The molecule has 0 radical (unpaired) electrons. The molecule has 0 saturated carbocycles. The van der Waals surface area contributed by atoms with Crippen molar-refractivity contribution in [1.29, 1.82) is 0 Å². The first-order valence-corrected chi connectivity index (χ1v) is 2.98. The molecular formula is C4H7ClN4. The number of anilines is 1. The molecular weight excluding hydrogens is 140 g/mol. The van der Waals surface area contributed by atoms with Gasteiger partial charge in [-0.05, 0) is 6.92 Å². The third-order valence-corrected chi connectivity index (χ3v) is 1.19. The third kappa shape index (κ3) is 1.13. The monoisotopic (exact) mass is 146 g/mol. The molecule has 0 bridgehead atoms. The van der Waals surface area contributed by atoms with E-state index in [1.807, 2.05) is 6.92 Å². The van der Waals surface area contributed by atoms with Crippen LogP contribution in [0.5, 0.6) is 0 Å². The van der Waals surface area contributed by atoms with Crippen LogP contribution in [-0.4, -0.2) is 15.0 Å². The van der Waals surface area contributed by atoms with Crippen molar-refractivity contribution >= 4 is 17.4 Å². The molecule has 0 fully saturated rings. The van der Waals surface area contributed by atoms with E-state index in [4.69, 9.17) is 17.3 Å². The summed E-state index contributed by atoms with van der Waals surface area (Å²) in [7, 11) is 0. The summed E-state index contributed by atoms with van der Waals surface area (Å²) in [6, 6.07) is 0. The molecule has 1 heterocycles. The maximum Gasteiger partial charge on any atom is 0.195 e. The van der Waals surface area contributed by atoms with E-state index in [-0.39, 0.29) is 5.15 Å². The van der Waals surface area contributed by atoms with Gasteiger partial charge in [0.15, 0.2) is 11.0 Å². The number of nitrogens with zero attached hydrogens (tertiary/aromatic N) is 3. The molecule has 9 heavy (non-hydrogen) atoms. The van der Waals surface area contributed by atoms with Crippen LogP contribution >= 0.6 is 11.6 Å². The van der Waals surface area contributed by atoms with Crippen molar-refractivity contribution in [3.05, 3.63) is 5.15 Å². The van der Waals surface area contributed by atoms with E-state index in [1.54, 1.807) is 0 Å². The van der Waals surface area contributed by atoms with Crippen LogP contribution in [0.15, 0.2) is 0 Å². The minimum atomic E-state index is 0.275. The zero-order valence-electron chi connectivity index (χ0n) is 5.00. The standard InChI is InChI=1S/C4H7ClN4/c1-2-9-7-3(5)4(6)8-9/h2H2,1H3,(H2,6,8).